The topological polar surface area (TPSA) is 96.7 Å². The lowest BCUT2D eigenvalue weighted by molar-refractivity contribution is 0.102. The Morgan fingerprint density at radius 1 is 1.50 bits per heavy atom. The van der Waals surface area contributed by atoms with Crippen molar-refractivity contribution in [2.24, 2.45) is 0 Å². The number of amides is 1. The lowest BCUT2D eigenvalue weighted by Crippen LogP contribution is -2.14. The summed E-state index contributed by atoms with van der Waals surface area (Å²) in [6.45, 7) is 0. The van der Waals surface area contributed by atoms with Gasteiger partial charge in [0.1, 0.15) is 0 Å². The van der Waals surface area contributed by atoms with E-state index >= 15 is 0 Å². The zero-order valence-electron chi connectivity index (χ0n) is 9.68. The highest BCUT2D eigenvalue weighted by Crippen LogP contribution is 2.42. The molecule has 1 aliphatic rings. The molecule has 0 atom stereocenters. The van der Waals surface area contributed by atoms with Crippen molar-refractivity contribution in [2.75, 3.05) is 11.1 Å². The zero-order valence-corrected chi connectivity index (χ0v) is 9.68. The summed E-state index contributed by atoms with van der Waals surface area (Å²) in [5.74, 6) is 0.126. The Hall–Kier alpha value is -2.37. The van der Waals surface area contributed by atoms with Gasteiger partial charge < -0.3 is 11.1 Å². The normalized spacial score (nSPS) is 14.4. The highest BCUT2D eigenvalue weighted by atomic mass is 16.2. The maximum Gasteiger partial charge on any atom is 0.278 e. The average Bonchev–Trinajstić information content (AvgIpc) is 3.14. The van der Waals surface area contributed by atoms with Gasteiger partial charge in [-0.15, -0.1) is 0 Å². The molecule has 0 aromatic carbocycles. The van der Waals surface area contributed by atoms with Crippen LogP contribution < -0.4 is 11.1 Å². The summed E-state index contributed by atoms with van der Waals surface area (Å²) >= 11 is 0. The maximum atomic E-state index is 12.0. The number of aromatic nitrogens is 3. The summed E-state index contributed by atoms with van der Waals surface area (Å²) in [6.07, 6.45) is 5.43. The van der Waals surface area contributed by atoms with Crippen LogP contribution in [0.2, 0.25) is 0 Å². The summed E-state index contributed by atoms with van der Waals surface area (Å²) in [6, 6.07) is 3.51. The molecule has 0 saturated heterocycles. The van der Waals surface area contributed by atoms with Crippen molar-refractivity contribution < 1.29 is 4.79 Å². The average molecular weight is 243 g/mol. The molecule has 2 aromatic heterocycles. The number of carbonyl (C=O) groups excluding carboxylic acids is 1. The number of anilines is 2. The Bertz CT molecular complexity index is 573. The number of nitrogens with zero attached hydrogens (tertiary/aromatic N) is 2. The van der Waals surface area contributed by atoms with E-state index in [1.165, 1.54) is 0 Å². The molecule has 6 heteroatoms. The highest BCUT2D eigenvalue weighted by Gasteiger charge is 2.30. The van der Waals surface area contributed by atoms with Crippen LogP contribution in [0.15, 0.2) is 24.5 Å². The minimum atomic E-state index is -0.316. The minimum absolute atomic E-state index is 0.251. The molecule has 2 aromatic rings. The van der Waals surface area contributed by atoms with Crippen LogP contribution in [-0.2, 0) is 0 Å². The van der Waals surface area contributed by atoms with Crippen molar-refractivity contribution in [3.05, 3.63) is 35.9 Å². The molecule has 1 saturated carbocycles. The zero-order chi connectivity index (χ0) is 12.5. The summed E-state index contributed by atoms with van der Waals surface area (Å²) in [7, 11) is 0. The van der Waals surface area contributed by atoms with Gasteiger partial charge in [0.25, 0.3) is 5.91 Å². The molecular formula is C12H13N5O. The van der Waals surface area contributed by atoms with Crippen LogP contribution in [0.4, 0.5) is 11.4 Å². The van der Waals surface area contributed by atoms with Gasteiger partial charge in [0.2, 0.25) is 0 Å². The standard InChI is InChI=1S/C12H13N5O/c13-9-10(7-3-4-7)16-17-11(9)12(18)15-8-2-1-5-14-6-8/h1-2,5-7H,3-4,13H2,(H,15,18)(H,16,17). The highest BCUT2D eigenvalue weighted by molar-refractivity contribution is 6.06. The Morgan fingerprint density at radius 3 is 3.00 bits per heavy atom. The minimum Gasteiger partial charge on any atom is -0.395 e. The largest absolute Gasteiger partial charge is 0.395 e. The SMILES string of the molecule is Nc1c(C(=O)Nc2cccnc2)n[nH]c1C1CC1. The van der Waals surface area contributed by atoms with Gasteiger partial charge >= 0.3 is 0 Å². The Morgan fingerprint density at radius 2 is 2.33 bits per heavy atom. The van der Waals surface area contributed by atoms with Crippen LogP contribution in [0.3, 0.4) is 0 Å². The number of pyridine rings is 1. The second kappa shape index (κ2) is 4.14. The Balaban J connectivity index is 1.80. The number of nitrogens with one attached hydrogen (secondary N) is 2. The van der Waals surface area contributed by atoms with Crippen molar-refractivity contribution in [3.63, 3.8) is 0 Å². The van der Waals surface area contributed by atoms with E-state index in [0.717, 1.165) is 18.5 Å². The van der Waals surface area contributed by atoms with Gasteiger partial charge in [0.05, 0.1) is 23.3 Å². The third kappa shape index (κ3) is 1.92. The van der Waals surface area contributed by atoms with Crippen molar-refractivity contribution in [3.8, 4) is 0 Å². The number of hydrogen-bond acceptors (Lipinski definition) is 4. The van der Waals surface area contributed by atoms with E-state index in [2.05, 4.69) is 20.5 Å². The predicted molar refractivity (Wildman–Crippen MR) is 67.2 cm³/mol. The van der Waals surface area contributed by atoms with Gasteiger partial charge in [-0.1, -0.05) is 0 Å². The third-order valence-corrected chi connectivity index (χ3v) is 2.95. The first-order valence-corrected chi connectivity index (χ1v) is 5.81. The van der Waals surface area contributed by atoms with E-state index in [-0.39, 0.29) is 11.6 Å². The smallest absolute Gasteiger partial charge is 0.278 e. The maximum absolute atomic E-state index is 12.0. The first kappa shape index (κ1) is 10.8. The summed E-state index contributed by atoms with van der Waals surface area (Å²) in [4.78, 5) is 15.9. The van der Waals surface area contributed by atoms with Gasteiger partial charge in [-0.05, 0) is 25.0 Å². The van der Waals surface area contributed by atoms with Crippen LogP contribution >= 0.6 is 0 Å². The lowest BCUT2D eigenvalue weighted by Gasteiger charge is -2.02. The van der Waals surface area contributed by atoms with Crippen LogP contribution in [0.5, 0.6) is 0 Å². The molecule has 0 bridgehead atoms. The van der Waals surface area contributed by atoms with Gasteiger partial charge in [-0.3, -0.25) is 14.9 Å². The van der Waals surface area contributed by atoms with Crippen molar-refractivity contribution >= 4 is 17.3 Å². The molecule has 0 unspecified atom stereocenters. The molecule has 0 aliphatic heterocycles. The predicted octanol–water partition coefficient (Wildman–Crippen LogP) is 1.52. The first-order valence-electron chi connectivity index (χ1n) is 5.81. The molecule has 1 amide bonds. The number of nitrogen functional groups attached to an aromatic ring is 1. The second-order valence-electron chi connectivity index (χ2n) is 4.37. The Labute approximate surface area is 104 Å². The van der Waals surface area contributed by atoms with Crippen LogP contribution in [0.25, 0.3) is 0 Å². The van der Waals surface area contributed by atoms with Gasteiger partial charge in [-0.2, -0.15) is 5.10 Å². The molecule has 0 spiro atoms. The fourth-order valence-corrected chi connectivity index (χ4v) is 1.85. The molecule has 3 rings (SSSR count). The number of rotatable bonds is 3. The van der Waals surface area contributed by atoms with Crippen LogP contribution in [0, 0.1) is 0 Å². The number of hydrogen-bond donors (Lipinski definition) is 3. The first-order chi connectivity index (χ1) is 8.75. The monoisotopic (exact) mass is 243 g/mol. The number of aromatic amines is 1. The molecule has 2 heterocycles. The number of H-pyrrole nitrogens is 1. The van der Waals surface area contributed by atoms with Gasteiger partial charge in [0.15, 0.2) is 5.69 Å². The Kier molecular flexibility index (Phi) is 2.47. The molecule has 6 nitrogen and oxygen atoms in total. The fraction of sp³-hybridized carbons (Fsp3) is 0.250. The molecule has 92 valence electrons. The summed E-state index contributed by atoms with van der Waals surface area (Å²) < 4.78 is 0. The summed E-state index contributed by atoms with van der Waals surface area (Å²) in [5.41, 5.74) is 8.14. The quantitative estimate of drug-likeness (QED) is 0.761. The fourth-order valence-electron chi connectivity index (χ4n) is 1.85. The van der Waals surface area contributed by atoms with Crippen molar-refractivity contribution in [2.45, 2.75) is 18.8 Å². The van der Waals surface area contributed by atoms with E-state index < -0.39 is 0 Å². The van der Waals surface area contributed by atoms with Gasteiger partial charge in [-0.25, -0.2) is 0 Å². The second-order valence-corrected chi connectivity index (χ2v) is 4.37. The van der Waals surface area contributed by atoms with Crippen LogP contribution in [0.1, 0.15) is 34.9 Å². The summed E-state index contributed by atoms with van der Waals surface area (Å²) in [5, 5.41) is 9.55. The van der Waals surface area contributed by atoms with E-state index in [9.17, 15) is 4.79 Å². The van der Waals surface area contributed by atoms with E-state index in [0.29, 0.717) is 17.3 Å². The van der Waals surface area contributed by atoms with Gasteiger partial charge in [0, 0.05) is 12.1 Å². The molecular weight excluding hydrogens is 230 g/mol. The van der Waals surface area contributed by atoms with Crippen molar-refractivity contribution in [1.29, 1.82) is 0 Å². The van der Waals surface area contributed by atoms with E-state index in [1.54, 1.807) is 24.5 Å². The number of nitrogens with two attached hydrogens (primary N) is 1. The molecule has 18 heavy (non-hydrogen) atoms. The van der Waals surface area contributed by atoms with Crippen molar-refractivity contribution in [1.82, 2.24) is 15.2 Å². The number of carbonyl (C=O) groups is 1. The van der Waals surface area contributed by atoms with E-state index in [4.69, 9.17) is 5.73 Å². The molecule has 1 aliphatic carbocycles. The molecule has 1 fully saturated rings. The third-order valence-electron chi connectivity index (χ3n) is 2.95. The van der Waals surface area contributed by atoms with Crippen LogP contribution in [-0.4, -0.2) is 21.1 Å². The molecule has 4 N–H and O–H groups in total. The van der Waals surface area contributed by atoms with E-state index in [1.807, 2.05) is 0 Å². The lowest BCUT2D eigenvalue weighted by atomic mass is 10.2. The molecule has 0 radical (unpaired) electrons.